The first-order chi connectivity index (χ1) is 10.1. The molecule has 0 unspecified atom stereocenters. The third-order valence-electron chi connectivity index (χ3n) is 2.88. The minimum absolute atomic E-state index is 0.343. The summed E-state index contributed by atoms with van der Waals surface area (Å²) in [7, 11) is 3.45. The van der Waals surface area contributed by atoms with Gasteiger partial charge in [-0.3, -0.25) is 4.68 Å². The molecule has 2 rings (SSSR count). The van der Waals surface area contributed by atoms with E-state index in [0.29, 0.717) is 18.1 Å². The third-order valence-corrected chi connectivity index (χ3v) is 3.47. The van der Waals surface area contributed by atoms with Gasteiger partial charge in [0.05, 0.1) is 17.8 Å². The number of nitrogens with zero attached hydrogens (tertiary/aromatic N) is 3. The minimum atomic E-state index is 0.343. The highest BCUT2D eigenvalue weighted by molar-refractivity contribution is 9.10. The topological polar surface area (TPSA) is 61.2 Å². The van der Waals surface area contributed by atoms with Crippen LogP contribution in [0.3, 0.4) is 0 Å². The van der Waals surface area contributed by atoms with Gasteiger partial charge in [0, 0.05) is 13.6 Å². The number of methoxy groups -OCH3 is 1. The molecule has 0 saturated heterocycles. The minimum Gasteiger partial charge on any atom is -0.493 e. The molecule has 7 heteroatoms. The molecule has 1 aromatic carbocycles. The molecule has 0 amide bonds. The Kier molecular flexibility index (Phi) is 5.58. The molecule has 0 saturated carbocycles. The van der Waals surface area contributed by atoms with Crippen LogP contribution in [0.4, 0.5) is 0 Å². The van der Waals surface area contributed by atoms with Crippen LogP contribution in [0.1, 0.15) is 18.2 Å². The molecule has 0 aliphatic carbocycles. The van der Waals surface area contributed by atoms with Crippen molar-refractivity contribution in [2.24, 2.45) is 7.05 Å². The predicted octanol–water partition coefficient (Wildman–Crippen LogP) is 2.27. The van der Waals surface area contributed by atoms with E-state index >= 15 is 0 Å². The lowest BCUT2D eigenvalue weighted by Crippen LogP contribution is -2.12. The van der Waals surface area contributed by atoms with Crippen molar-refractivity contribution in [2.45, 2.75) is 20.1 Å². The molecule has 0 radical (unpaired) electrons. The monoisotopic (exact) mass is 354 g/mol. The number of halogens is 1. The normalized spacial score (nSPS) is 10.7. The summed E-state index contributed by atoms with van der Waals surface area (Å²) < 4.78 is 13.7. The van der Waals surface area contributed by atoms with Gasteiger partial charge >= 0.3 is 0 Å². The number of aryl methyl sites for hydroxylation is 1. The highest BCUT2D eigenvalue weighted by Gasteiger charge is 2.12. The number of ether oxygens (including phenoxy) is 2. The molecule has 0 spiro atoms. The maximum Gasteiger partial charge on any atom is 0.175 e. The van der Waals surface area contributed by atoms with E-state index in [9.17, 15) is 0 Å². The second-order valence-electron chi connectivity index (χ2n) is 4.56. The molecule has 0 aliphatic rings. The van der Waals surface area contributed by atoms with Crippen molar-refractivity contribution in [3.05, 3.63) is 34.1 Å². The quantitative estimate of drug-likeness (QED) is 0.826. The molecule has 0 atom stereocenters. The van der Waals surface area contributed by atoms with Crippen molar-refractivity contribution >= 4 is 15.9 Å². The lowest BCUT2D eigenvalue weighted by molar-refractivity contribution is 0.278. The Morgan fingerprint density at radius 3 is 2.81 bits per heavy atom. The summed E-state index contributed by atoms with van der Waals surface area (Å²) in [6.45, 7) is 4.13. The van der Waals surface area contributed by atoms with Crippen molar-refractivity contribution in [3.63, 3.8) is 0 Å². The first kappa shape index (κ1) is 15.8. The lowest BCUT2D eigenvalue weighted by atomic mass is 10.2. The number of hydrogen-bond donors (Lipinski definition) is 1. The Morgan fingerprint density at radius 2 is 2.19 bits per heavy atom. The largest absolute Gasteiger partial charge is 0.493 e. The van der Waals surface area contributed by atoms with E-state index in [1.54, 1.807) is 11.8 Å². The first-order valence-electron chi connectivity index (χ1n) is 6.69. The fraction of sp³-hybridized carbons (Fsp3) is 0.429. The molecule has 0 bridgehead atoms. The summed E-state index contributed by atoms with van der Waals surface area (Å²) in [6.07, 6.45) is 1.82. The van der Waals surface area contributed by atoms with Gasteiger partial charge in [-0.2, -0.15) is 0 Å². The number of rotatable bonds is 7. The van der Waals surface area contributed by atoms with Crippen LogP contribution in [0.2, 0.25) is 0 Å². The molecule has 21 heavy (non-hydrogen) atoms. The van der Waals surface area contributed by atoms with E-state index in [2.05, 4.69) is 38.5 Å². The van der Waals surface area contributed by atoms with Gasteiger partial charge in [0.25, 0.3) is 0 Å². The van der Waals surface area contributed by atoms with Gasteiger partial charge in [0.1, 0.15) is 12.3 Å². The summed E-state index contributed by atoms with van der Waals surface area (Å²) in [4.78, 5) is 0. The van der Waals surface area contributed by atoms with Gasteiger partial charge in [0.2, 0.25) is 0 Å². The number of aromatic nitrogens is 3. The Labute approximate surface area is 132 Å². The van der Waals surface area contributed by atoms with E-state index in [1.807, 2.05) is 25.4 Å². The van der Waals surface area contributed by atoms with E-state index < -0.39 is 0 Å². The highest BCUT2D eigenvalue weighted by atomic mass is 79.9. The standard InChI is InChI=1S/C14H19BrN4O2/c1-4-16-7-10-5-12(15)14(13(6-10)20-3)21-9-11-8-19(2)18-17-11/h5-6,8,16H,4,7,9H2,1-3H3. The Hall–Kier alpha value is -1.60. The highest BCUT2D eigenvalue weighted by Crippen LogP contribution is 2.37. The molecular weight excluding hydrogens is 336 g/mol. The second kappa shape index (κ2) is 7.42. The Balaban J connectivity index is 2.14. The van der Waals surface area contributed by atoms with Gasteiger partial charge in [-0.25, -0.2) is 0 Å². The van der Waals surface area contributed by atoms with Crippen LogP contribution in [-0.4, -0.2) is 28.6 Å². The molecule has 2 aromatic rings. The van der Waals surface area contributed by atoms with Crippen LogP contribution >= 0.6 is 15.9 Å². The maximum atomic E-state index is 5.81. The SMILES string of the molecule is CCNCc1cc(Br)c(OCc2cn(C)nn2)c(OC)c1. The molecule has 1 aromatic heterocycles. The van der Waals surface area contributed by atoms with Crippen molar-refractivity contribution in [3.8, 4) is 11.5 Å². The average Bonchev–Trinajstić information content (AvgIpc) is 2.89. The number of nitrogens with one attached hydrogen (secondary N) is 1. The lowest BCUT2D eigenvalue weighted by Gasteiger charge is -2.14. The van der Waals surface area contributed by atoms with Crippen molar-refractivity contribution in [2.75, 3.05) is 13.7 Å². The molecular formula is C14H19BrN4O2. The zero-order chi connectivity index (χ0) is 15.2. The van der Waals surface area contributed by atoms with Crippen LogP contribution in [0, 0.1) is 0 Å². The number of hydrogen-bond acceptors (Lipinski definition) is 5. The summed E-state index contributed by atoms with van der Waals surface area (Å²) in [5.74, 6) is 1.37. The number of benzene rings is 1. The zero-order valence-electron chi connectivity index (χ0n) is 12.4. The van der Waals surface area contributed by atoms with Gasteiger partial charge in [-0.15, -0.1) is 5.10 Å². The molecule has 0 fully saturated rings. The van der Waals surface area contributed by atoms with Gasteiger partial charge in [-0.05, 0) is 40.2 Å². The molecule has 6 nitrogen and oxygen atoms in total. The van der Waals surface area contributed by atoms with E-state index in [-0.39, 0.29) is 0 Å². The Bertz CT molecular complexity index is 601. The second-order valence-corrected chi connectivity index (χ2v) is 5.42. The summed E-state index contributed by atoms with van der Waals surface area (Å²) in [5.41, 5.74) is 1.90. The van der Waals surface area contributed by atoms with E-state index in [0.717, 1.165) is 28.8 Å². The molecule has 1 N–H and O–H groups in total. The van der Waals surface area contributed by atoms with Crippen LogP contribution in [-0.2, 0) is 20.2 Å². The predicted molar refractivity (Wildman–Crippen MR) is 83.4 cm³/mol. The third kappa shape index (κ3) is 4.18. The summed E-state index contributed by atoms with van der Waals surface area (Å²) in [5, 5.41) is 11.2. The van der Waals surface area contributed by atoms with Crippen LogP contribution in [0.5, 0.6) is 11.5 Å². The Morgan fingerprint density at radius 1 is 1.38 bits per heavy atom. The summed E-state index contributed by atoms with van der Waals surface area (Å²) in [6, 6.07) is 4.00. The van der Waals surface area contributed by atoms with Gasteiger partial charge in [-0.1, -0.05) is 12.1 Å². The maximum absolute atomic E-state index is 5.81. The van der Waals surface area contributed by atoms with E-state index in [1.165, 1.54) is 0 Å². The molecule has 114 valence electrons. The van der Waals surface area contributed by atoms with Crippen molar-refractivity contribution in [1.82, 2.24) is 20.3 Å². The molecule has 0 aliphatic heterocycles. The van der Waals surface area contributed by atoms with Crippen molar-refractivity contribution in [1.29, 1.82) is 0 Å². The fourth-order valence-corrected chi connectivity index (χ4v) is 2.50. The smallest absolute Gasteiger partial charge is 0.175 e. The average molecular weight is 355 g/mol. The van der Waals surface area contributed by atoms with Gasteiger partial charge in [0.15, 0.2) is 11.5 Å². The van der Waals surface area contributed by atoms with E-state index in [4.69, 9.17) is 9.47 Å². The fourth-order valence-electron chi connectivity index (χ4n) is 1.89. The van der Waals surface area contributed by atoms with Crippen LogP contribution in [0.25, 0.3) is 0 Å². The van der Waals surface area contributed by atoms with Crippen LogP contribution in [0.15, 0.2) is 22.8 Å². The first-order valence-corrected chi connectivity index (χ1v) is 7.48. The molecule has 1 heterocycles. The van der Waals surface area contributed by atoms with Crippen molar-refractivity contribution < 1.29 is 9.47 Å². The van der Waals surface area contributed by atoms with Gasteiger partial charge < -0.3 is 14.8 Å². The van der Waals surface area contributed by atoms with Crippen LogP contribution < -0.4 is 14.8 Å². The zero-order valence-corrected chi connectivity index (χ0v) is 14.0. The summed E-state index contributed by atoms with van der Waals surface area (Å²) >= 11 is 3.54.